The summed E-state index contributed by atoms with van der Waals surface area (Å²) in [6.07, 6.45) is 1.79. The van der Waals surface area contributed by atoms with Crippen LogP contribution in [0.3, 0.4) is 0 Å². The normalized spacial score (nSPS) is 20.0. The van der Waals surface area contributed by atoms with Gasteiger partial charge in [0.2, 0.25) is 0 Å². The van der Waals surface area contributed by atoms with Crippen LogP contribution in [0.2, 0.25) is 0 Å². The molecule has 6 nitrogen and oxygen atoms in total. The van der Waals surface area contributed by atoms with Crippen molar-refractivity contribution in [2.24, 2.45) is 0 Å². The number of carbonyl (C=O) groups excluding carboxylic acids is 1. The van der Waals surface area contributed by atoms with Crippen molar-refractivity contribution in [1.29, 1.82) is 0 Å². The van der Waals surface area contributed by atoms with E-state index in [4.69, 9.17) is 4.52 Å². The molecule has 1 saturated carbocycles. The van der Waals surface area contributed by atoms with Crippen molar-refractivity contribution in [3.05, 3.63) is 52.6 Å². The van der Waals surface area contributed by atoms with E-state index in [0.717, 1.165) is 23.4 Å². The van der Waals surface area contributed by atoms with Crippen LogP contribution in [0.15, 0.2) is 46.4 Å². The molecule has 2 aromatic heterocycles. The second-order valence-electron chi connectivity index (χ2n) is 5.56. The Labute approximate surface area is 136 Å². The van der Waals surface area contributed by atoms with Gasteiger partial charge < -0.3 is 9.84 Å². The number of carbonyl (C=O) groups is 1. The lowest BCUT2D eigenvalue weighted by Crippen LogP contribution is -2.43. The third kappa shape index (κ3) is 2.87. The van der Waals surface area contributed by atoms with Gasteiger partial charge in [-0.05, 0) is 12.8 Å². The third-order valence-corrected chi connectivity index (χ3v) is 4.86. The maximum atomic E-state index is 12.2. The largest absolute Gasteiger partial charge is 0.355 e. The lowest BCUT2D eigenvalue weighted by Gasteiger charge is -2.33. The number of rotatable bonds is 4. The van der Waals surface area contributed by atoms with Gasteiger partial charge in [0.05, 0.1) is 0 Å². The first-order valence-corrected chi connectivity index (χ1v) is 8.26. The number of benzene rings is 1. The van der Waals surface area contributed by atoms with E-state index in [1.165, 1.54) is 0 Å². The summed E-state index contributed by atoms with van der Waals surface area (Å²) in [4.78, 5) is 12.2. The van der Waals surface area contributed by atoms with E-state index in [1.54, 1.807) is 22.9 Å². The van der Waals surface area contributed by atoms with E-state index in [-0.39, 0.29) is 11.9 Å². The maximum absolute atomic E-state index is 12.2. The van der Waals surface area contributed by atoms with Crippen molar-refractivity contribution < 1.29 is 9.32 Å². The van der Waals surface area contributed by atoms with Gasteiger partial charge in [-0.1, -0.05) is 35.5 Å². The van der Waals surface area contributed by atoms with Gasteiger partial charge in [0.15, 0.2) is 11.5 Å². The van der Waals surface area contributed by atoms with Crippen LogP contribution in [-0.4, -0.2) is 27.3 Å². The predicted octanol–water partition coefficient (Wildman–Crippen LogP) is 2.87. The summed E-state index contributed by atoms with van der Waals surface area (Å²) >= 11 is 1.56. The Morgan fingerprint density at radius 3 is 2.83 bits per heavy atom. The van der Waals surface area contributed by atoms with E-state index in [9.17, 15) is 4.79 Å². The van der Waals surface area contributed by atoms with Gasteiger partial charge in [-0.2, -0.15) is 0 Å². The van der Waals surface area contributed by atoms with E-state index >= 15 is 0 Å². The molecule has 0 unspecified atom stereocenters. The van der Waals surface area contributed by atoms with Crippen molar-refractivity contribution in [3.63, 3.8) is 0 Å². The van der Waals surface area contributed by atoms with Crippen molar-refractivity contribution >= 4 is 17.2 Å². The number of nitrogens with zero attached hydrogens (tertiary/aromatic N) is 3. The molecule has 7 heteroatoms. The molecule has 1 N–H and O–H groups in total. The Morgan fingerprint density at radius 2 is 2.09 bits per heavy atom. The minimum absolute atomic E-state index is 0.160. The molecular weight excluding hydrogens is 312 g/mol. The fraction of sp³-hybridized carbons (Fsp3) is 0.250. The molecule has 0 saturated heterocycles. The molecule has 0 spiro atoms. The van der Waals surface area contributed by atoms with E-state index in [0.29, 0.717) is 17.4 Å². The molecule has 23 heavy (non-hydrogen) atoms. The number of aromatic nitrogens is 3. The maximum Gasteiger partial charge on any atom is 0.273 e. The molecule has 0 bridgehead atoms. The average Bonchev–Trinajstić information content (AvgIpc) is 3.22. The number of hydrogen-bond acceptors (Lipinski definition) is 6. The monoisotopic (exact) mass is 326 g/mol. The van der Waals surface area contributed by atoms with Gasteiger partial charge in [-0.25, -0.2) is 0 Å². The molecule has 1 aromatic carbocycles. The quantitative estimate of drug-likeness (QED) is 0.797. The Kier molecular flexibility index (Phi) is 3.63. The highest BCUT2D eigenvalue weighted by atomic mass is 32.1. The molecule has 116 valence electrons. The summed E-state index contributed by atoms with van der Waals surface area (Å²) in [6.45, 7) is 0. The van der Waals surface area contributed by atoms with Gasteiger partial charge in [0.25, 0.3) is 5.91 Å². The van der Waals surface area contributed by atoms with E-state index < -0.39 is 0 Å². The molecule has 0 radical (unpaired) electrons. The van der Waals surface area contributed by atoms with Crippen molar-refractivity contribution in [2.75, 3.05) is 0 Å². The highest BCUT2D eigenvalue weighted by Crippen LogP contribution is 2.37. The molecular formula is C16H14N4O2S. The van der Waals surface area contributed by atoms with Crippen LogP contribution in [0.25, 0.3) is 11.3 Å². The summed E-state index contributed by atoms with van der Waals surface area (Å²) in [5.41, 5.74) is 2.95. The lowest BCUT2D eigenvalue weighted by atomic mass is 9.80. The Bertz CT molecular complexity index is 795. The van der Waals surface area contributed by atoms with Gasteiger partial charge in [-0.15, -0.1) is 21.5 Å². The van der Waals surface area contributed by atoms with Gasteiger partial charge in [-0.3, -0.25) is 4.79 Å². The molecule has 4 rings (SSSR count). The van der Waals surface area contributed by atoms with Crippen molar-refractivity contribution in [1.82, 2.24) is 20.7 Å². The first-order chi connectivity index (χ1) is 11.3. The van der Waals surface area contributed by atoms with Gasteiger partial charge >= 0.3 is 0 Å². The van der Waals surface area contributed by atoms with Crippen molar-refractivity contribution in [3.8, 4) is 11.3 Å². The van der Waals surface area contributed by atoms with Crippen LogP contribution in [0.4, 0.5) is 0 Å². The summed E-state index contributed by atoms with van der Waals surface area (Å²) in [6, 6.07) is 11.4. The molecule has 0 atom stereocenters. The van der Waals surface area contributed by atoms with Crippen LogP contribution in [-0.2, 0) is 0 Å². The zero-order valence-corrected chi connectivity index (χ0v) is 13.0. The SMILES string of the molecule is O=C(N[C@H]1C[C@@H](c2nncs2)C1)c1cc(-c2ccccc2)on1. The second-order valence-corrected chi connectivity index (χ2v) is 6.42. The topological polar surface area (TPSA) is 80.9 Å². The van der Waals surface area contributed by atoms with Crippen LogP contribution >= 0.6 is 11.3 Å². The summed E-state index contributed by atoms with van der Waals surface area (Å²) in [5.74, 6) is 0.803. The fourth-order valence-corrected chi connectivity index (χ4v) is 3.36. The minimum Gasteiger partial charge on any atom is -0.355 e. The lowest BCUT2D eigenvalue weighted by molar-refractivity contribution is 0.0899. The molecule has 2 heterocycles. The van der Waals surface area contributed by atoms with Gasteiger partial charge in [0, 0.05) is 23.6 Å². The molecule has 1 aliphatic carbocycles. The molecule has 3 aromatic rings. The first kappa shape index (κ1) is 14.1. The highest BCUT2D eigenvalue weighted by Gasteiger charge is 2.34. The average molecular weight is 326 g/mol. The summed E-state index contributed by atoms with van der Waals surface area (Å²) in [7, 11) is 0. The standard InChI is InChI=1S/C16H14N4O2S/c21-15(18-12-6-11(7-12)16-19-17-9-23-16)13-8-14(22-20-13)10-4-2-1-3-5-10/h1-5,8-9,11-12H,6-7H2,(H,18,21)/t11-,12+. The molecule has 1 fully saturated rings. The smallest absolute Gasteiger partial charge is 0.273 e. The zero-order valence-electron chi connectivity index (χ0n) is 12.2. The predicted molar refractivity (Wildman–Crippen MR) is 85.1 cm³/mol. The third-order valence-electron chi connectivity index (χ3n) is 4.00. The number of amides is 1. The van der Waals surface area contributed by atoms with Crippen molar-refractivity contribution in [2.45, 2.75) is 24.8 Å². The highest BCUT2D eigenvalue weighted by molar-refractivity contribution is 7.09. The van der Waals surface area contributed by atoms with E-state index in [1.807, 2.05) is 30.3 Å². The Balaban J connectivity index is 1.36. The zero-order chi connectivity index (χ0) is 15.6. The van der Waals surface area contributed by atoms with Gasteiger partial charge in [0.1, 0.15) is 10.5 Å². The summed E-state index contributed by atoms with van der Waals surface area (Å²) in [5, 5.41) is 15.8. The Hall–Kier alpha value is -2.54. The molecule has 0 aliphatic heterocycles. The van der Waals surface area contributed by atoms with Crippen LogP contribution < -0.4 is 5.32 Å². The Morgan fingerprint density at radius 1 is 1.26 bits per heavy atom. The summed E-state index contributed by atoms with van der Waals surface area (Å²) < 4.78 is 5.26. The fourth-order valence-electron chi connectivity index (χ4n) is 2.68. The van der Waals surface area contributed by atoms with Crippen LogP contribution in [0.5, 0.6) is 0 Å². The second kappa shape index (κ2) is 5.92. The first-order valence-electron chi connectivity index (χ1n) is 7.38. The minimum atomic E-state index is -0.198. The molecule has 1 amide bonds. The van der Waals surface area contributed by atoms with Crippen LogP contribution in [0, 0.1) is 0 Å². The number of hydrogen-bond donors (Lipinski definition) is 1. The number of nitrogens with one attached hydrogen (secondary N) is 1. The van der Waals surface area contributed by atoms with Crippen LogP contribution in [0.1, 0.15) is 34.3 Å². The molecule has 1 aliphatic rings. The van der Waals surface area contributed by atoms with E-state index in [2.05, 4.69) is 20.7 Å².